The number of hydrogen-bond acceptors (Lipinski definition) is 3. The van der Waals surface area contributed by atoms with Gasteiger partial charge in [0.15, 0.2) is 0 Å². The number of fused-ring (bicyclic) bond motifs is 1. The number of carbonyl (C=O) groups excluding carboxylic acids is 1. The zero-order chi connectivity index (χ0) is 22.4. The Kier molecular flexibility index (Phi) is 7.46. The molecule has 162 valence electrons. The molecule has 2 unspecified atom stereocenters. The van der Waals surface area contributed by atoms with Crippen LogP contribution in [0.15, 0.2) is 42.5 Å². The number of hydrogen-bond donors (Lipinski definition) is 1. The highest BCUT2D eigenvalue weighted by Gasteiger charge is 2.31. The van der Waals surface area contributed by atoms with E-state index in [1.807, 2.05) is 30.3 Å². The van der Waals surface area contributed by atoms with Crippen LogP contribution >= 0.6 is 0 Å². The summed E-state index contributed by atoms with van der Waals surface area (Å²) in [5.41, 5.74) is 4.33. The molecule has 2 aromatic rings. The number of carboxylic acids is 1. The van der Waals surface area contributed by atoms with Gasteiger partial charge in [0, 0.05) is 24.2 Å². The molecule has 3 rings (SSSR count). The highest BCUT2D eigenvalue weighted by atomic mass is 16.4. The molecule has 31 heavy (non-hydrogen) atoms. The van der Waals surface area contributed by atoms with E-state index in [1.54, 1.807) is 17.0 Å². The first-order valence-corrected chi connectivity index (χ1v) is 11.1. The van der Waals surface area contributed by atoms with Gasteiger partial charge in [0.2, 0.25) is 0 Å². The first-order chi connectivity index (χ1) is 15.0. The molecule has 0 spiro atoms. The maximum absolute atomic E-state index is 13.5. The van der Waals surface area contributed by atoms with Gasteiger partial charge in [0.1, 0.15) is 0 Å². The number of benzene rings is 2. The Balaban J connectivity index is 1.93. The lowest BCUT2D eigenvalue weighted by molar-refractivity contribution is -0.138. The number of unbranched alkanes of at least 4 members (excludes halogenated alkanes) is 1. The molecule has 0 saturated heterocycles. The van der Waals surface area contributed by atoms with E-state index in [1.165, 1.54) is 5.56 Å². The fourth-order valence-electron chi connectivity index (χ4n) is 4.65. The maximum atomic E-state index is 13.5. The van der Waals surface area contributed by atoms with Crippen LogP contribution in [0.5, 0.6) is 0 Å². The molecule has 0 bridgehead atoms. The Hall–Kier alpha value is -3.13. The van der Waals surface area contributed by atoms with Gasteiger partial charge in [-0.3, -0.25) is 9.59 Å². The van der Waals surface area contributed by atoms with E-state index in [-0.39, 0.29) is 24.2 Å². The van der Waals surface area contributed by atoms with Gasteiger partial charge in [0.05, 0.1) is 11.6 Å². The second kappa shape index (κ2) is 10.3. The molecule has 2 atom stereocenters. The molecule has 1 amide bonds. The first kappa shape index (κ1) is 22.6. The van der Waals surface area contributed by atoms with E-state index < -0.39 is 5.97 Å². The van der Waals surface area contributed by atoms with E-state index in [0.717, 1.165) is 43.4 Å². The van der Waals surface area contributed by atoms with Crippen molar-refractivity contribution in [1.29, 1.82) is 5.26 Å². The van der Waals surface area contributed by atoms with E-state index in [9.17, 15) is 14.7 Å². The van der Waals surface area contributed by atoms with Crippen molar-refractivity contribution in [2.24, 2.45) is 5.92 Å². The second-order valence-corrected chi connectivity index (χ2v) is 8.29. The van der Waals surface area contributed by atoms with Crippen molar-refractivity contribution in [3.8, 4) is 6.07 Å². The van der Waals surface area contributed by atoms with Gasteiger partial charge in [-0.05, 0) is 85.0 Å². The van der Waals surface area contributed by atoms with Crippen LogP contribution < -0.4 is 4.90 Å². The Morgan fingerprint density at radius 3 is 2.52 bits per heavy atom. The number of aliphatic carboxylic acids is 1. The molecule has 0 aliphatic heterocycles. The van der Waals surface area contributed by atoms with Gasteiger partial charge in [-0.2, -0.15) is 5.26 Å². The highest BCUT2D eigenvalue weighted by molar-refractivity contribution is 6.06. The largest absolute Gasteiger partial charge is 0.481 e. The van der Waals surface area contributed by atoms with Crippen LogP contribution in [0.25, 0.3) is 0 Å². The number of anilines is 1. The predicted molar refractivity (Wildman–Crippen MR) is 121 cm³/mol. The average Bonchev–Trinajstić information content (AvgIpc) is 2.78. The van der Waals surface area contributed by atoms with Crippen LogP contribution in [-0.4, -0.2) is 23.5 Å². The number of carboxylic acid groups (broad SMARTS) is 1. The molecule has 2 aromatic carbocycles. The van der Waals surface area contributed by atoms with Crippen LogP contribution in [0.1, 0.15) is 78.9 Å². The minimum atomic E-state index is -0.759. The number of aryl methyl sites for hydroxylation is 1. The average molecular weight is 419 g/mol. The minimum Gasteiger partial charge on any atom is -0.481 e. The molecule has 1 aliphatic carbocycles. The summed E-state index contributed by atoms with van der Waals surface area (Å²) < 4.78 is 0. The summed E-state index contributed by atoms with van der Waals surface area (Å²) >= 11 is 0. The fourth-order valence-corrected chi connectivity index (χ4v) is 4.65. The summed E-state index contributed by atoms with van der Waals surface area (Å²) in [6, 6.07) is 15.2. The smallest absolute Gasteiger partial charge is 0.303 e. The number of amides is 1. The van der Waals surface area contributed by atoms with Crippen molar-refractivity contribution in [3.05, 3.63) is 64.7 Å². The molecule has 0 aromatic heterocycles. The van der Waals surface area contributed by atoms with Gasteiger partial charge in [0.25, 0.3) is 5.91 Å². The highest BCUT2D eigenvalue weighted by Crippen LogP contribution is 2.40. The van der Waals surface area contributed by atoms with Gasteiger partial charge < -0.3 is 10.0 Å². The van der Waals surface area contributed by atoms with Crippen molar-refractivity contribution in [2.45, 2.75) is 58.3 Å². The van der Waals surface area contributed by atoms with E-state index in [0.29, 0.717) is 17.7 Å². The van der Waals surface area contributed by atoms with Crippen molar-refractivity contribution >= 4 is 17.6 Å². The van der Waals surface area contributed by atoms with E-state index in [2.05, 4.69) is 19.9 Å². The lowest BCUT2D eigenvalue weighted by Gasteiger charge is -2.33. The summed E-state index contributed by atoms with van der Waals surface area (Å²) in [4.78, 5) is 26.6. The number of nitriles is 1. The zero-order valence-corrected chi connectivity index (χ0v) is 18.3. The van der Waals surface area contributed by atoms with Crippen LogP contribution in [0.4, 0.5) is 5.69 Å². The monoisotopic (exact) mass is 418 g/mol. The summed E-state index contributed by atoms with van der Waals surface area (Å²) in [6.45, 7) is 4.79. The normalized spacial score (nSPS) is 17.5. The van der Waals surface area contributed by atoms with E-state index in [4.69, 9.17) is 5.26 Å². The number of nitrogens with zero attached hydrogens (tertiary/aromatic N) is 2. The lowest BCUT2D eigenvalue weighted by Crippen LogP contribution is -2.32. The minimum absolute atomic E-state index is 0.0591. The SMILES string of the molecule is CCCCN(C(=O)c1ccc2c(c1)C(CC)C(CC(=O)O)CC2)c1ccc(C#N)cc1. The fraction of sp³-hybridized carbons (Fsp3) is 0.423. The van der Waals surface area contributed by atoms with Gasteiger partial charge in [-0.1, -0.05) is 26.3 Å². The number of carbonyl (C=O) groups is 2. The van der Waals surface area contributed by atoms with Crippen LogP contribution in [-0.2, 0) is 11.2 Å². The molecule has 1 aliphatic rings. The Morgan fingerprint density at radius 1 is 1.16 bits per heavy atom. The van der Waals surface area contributed by atoms with Crippen molar-refractivity contribution in [3.63, 3.8) is 0 Å². The van der Waals surface area contributed by atoms with Gasteiger partial charge in [-0.15, -0.1) is 0 Å². The Labute approximate surface area is 184 Å². The Morgan fingerprint density at radius 2 is 1.90 bits per heavy atom. The third kappa shape index (κ3) is 5.14. The summed E-state index contributed by atoms with van der Waals surface area (Å²) in [5, 5.41) is 18.4. The quantitative estimate of drug-likeness (QED) is 0.610. The maximum Gasteiger partial charge on any atom is 0.303 e. The third-order valence-corrected chi connectivity index (χ3v) is 6.31. The van der Waals surface area contributed by atoms with E-state index >= 15 is 0 Å². The van der Waals surface area contributed by atoms with Crippen molar-refractivity contribution in [1.82, 2.24) is 0 Å². The topological polar surface area (TPSA) is 81.4 Å². The Bertz CT molecular complexity index is 975. The van der Waals surface area contributed by atoms with Gasteiger partial charge >= 0.3 is 5.97 Å². The predicted octanol–water partition coefficient (Wildman–Crippen LogP) is 5.54. The van der Waals surface area contributed by atoms with Crippen LogP contribution in [0.3, 0.4) is 0 Å². The summed E-state index contributed by atoms with van der Waals surface area (Å²) in [6.07, 6.45) is 4.61. The molecule has 1 N–H and O–H groups in total. The molecule has 0 radical (unpaired) electrons. The third-order valence-electron chi connectivity index (χ3n) is 6.31. The number of rotatable bonds is 8. The summed E-state index contributed by atoms with van der Waals surface area (Å²) in [5.74, 6) is -0.552. The lowest BCUT2D eigenvalue weighted by atomic mass is 9.72. The zero-order valence-electron chi connectivity index (χ0n) is 18.3. The molecule has 0 saturated carbocycles. The molecule has 0 fully saturated rings. The van der Waals surface area contributed by atoms with Crippen molar-refractivity contribution < 1.29 is 14.7 Å². The van der Waals surface area contributed by atoms with Crippen LogP contribution in [0.2, 0.25) is 0 Å². The second-order valence-electron chi connectivity index (χ2n) is 8.29. The molecule has 5 nitrogen and oxygen atoms in total. The van der Waals surface area contributed by atoms with Crippen molar-refractivity contribution in [2.75, 3.05) is 11.4 Å². The molecular formula is C26H30N2O3. The standard InChI is InChI=1S/C26H30N2O3/c1-3-5-14-28(22-12-6-18(17-27)7-13-22)26(31)21-11-9-19-8-10-20(16-25(29)30)23(4-2)24(19)15-21/h6-7,9,11-13,15,20,23H,3-5,8,10,14,16H2,1-2H3,(H,29,30). The molecule has 5 heteroatoms. The first-order valence-electron chi connectivity index (χ1n) is 11.1. The molecular weight excluding hydrogens is 388 g/mol. The van der Waals surface area contributed by atoms with Gasteiger partial charge in [-0.25, -0.2) is 0 Å². The molecule has 0 heterocycles. The van der Waals surface area contributed by atoms with Crippen LogP contribution in [0, 0.1) is 17.2 Å². The summed E-state index contributed by atoms with van der Waals surface area (Å²) in [7, 11) is 0.